The summed E-state index contributed by atoms with van der Waals surface area (Å²) in [7, 11) is -3.60. The first kappa shape index (κ1) is 15.5. The Morgan fingerprint density at radius 1 is 1.14 bits per heavy atom. The molecule has 0 spiro atoms. The monoisotopic (exact) mass is 305 g/mol. The van der Waals surface area contributed by atoms with E-state index in [0.717, 1.165) is 24.2 Å². The number of anilines is 1. The highest BCUT2D eigenvalue weighted by Crippen LogP contribution is 2.15. The van der Waals surface area contributed by atoms with Crippen molar-refractivity contribution in [2.24, 2.45) is 0 Å². The minimum atomic E-state index is -3.60. The first-order valence-electron chi connectivity index (χ1n) is 6.76. The van der Waals surface area contributed by atoms with Crippen LogP contribution in [0.15, 0.2) is 47.5 Å². The minimum absolute atomic E-state index is 0.228. The Morgan fingerprint density at radius 3 is 2.48 bits per heavy atom. The molecule has 2 N–H and O–H groups in total. The van der Waals surface area contributed by atoms with Gasteiger partial charge in [0.1, 0.15) is 5.82 Å². The fraction of sp³-hybridized carbons (Fsp3) is 0.267. The molecule has 0 unspecified atom stereocenters. The molecular weight excluding hydrogens is 286 g/mol. The predicted octanol–water partition coefficient (Wildman–Crippen LogP) is 2.30. The van der Waals surface area contributed by atoms with E-state index in [1.54, 1.807) is 36.5 Å². The number of rotatable bonds is 6. The minimum Gasteiger partial charge on any atom is -0.313 e. The lowest BCUT2D eigenvalue weighted by Crippen LogP contribution is -2.15. The number of nitrogens with one attached hydrogen (secondary N) is 2. The number of aryl methyl sites for hydroxylation is 1. The first-order chi connectivity index (χ1) is 10.0. The zero-order valence-electron chi connectivity index (χ0n) is 12.1. The summed E-state index contributed by atoms with van der Waals surface area (Å²) in [5, 5.41) is 3.19. The normalized spacial score (nSPS) is 11.3. The predicted molar refractivity (Wildman–Crippen MR) is 83.6 cm³/mol. The number of pyridine rings is 1. The van der Waals surface area contributed by atoms with Crippen LogP contribution in [0.2, 0.25) is 0 Å². The molecule has 0 fully saturated rings. The second kappa shape index (κ2) is 6.69. The van der Waals surface area contributed by atoms with Crippen molar-refractivity contribution >= 4 is 15.8 Å². The fourth-order valence-electron chi connectivity index (χ4n) is 1.84. The summed E-state index contributed by atoms with van der Waals surface area (Å²) in [6.45, 7) is 5.51. The summed E-state index contributed by atoms with van der Waals surface area (Å²) >= 11 is 0. The fourth-order valence-corrected chi connectivity index (χ4v) is 2.84. The molecule has 0 saturated carbocycles. The second-order valence-corrected chi connectivity index (χ2v) is 6.43. The lowest BCUT2D eigenvalue weighted by atomic mass is 10.2. The first-order valence-corrected chi connectivity index (χ1v) is 8.25. The maximum atomic E-state index is 12.3. The highest BCUT2D eigenvalue weighted by Gasteiger charge is 2.14. The number of aromatic nitrogens is 1. The van der Waals surface area contributed by atoms with Gasteiger partial charge >= 0.3 is 0 Å². The van der Waals surface area contributed by atoms with Gasteiger partial charge in [0.2, 0.25) is 0 Å². The average Bonchev–Trinajstić information content (AvgIpc) is 2.45. The molecule has 1 heterocycles. The lowest BCUT2D eigenvalue weighted by molar-refractivity contribution is 0.601. The summed E-state index contributed by atoms with van der Waals surface area (Å²) in [6.07, 6.45) is 1.58. The van der Waals surface area contributed by atoms with Gasteiger partial charge in [-0.2, -0.15) is 0 Å². The Morgan fingerprint density at radius 2 is 1.86 bits per heavy atom. The Labute approximate surface area is 125 Å². The van der Waals surface area contributed by atoms with Crippen molar-refractivity contribution in [3.63, 3.8) is 0 Å². The van der Waals surface area contributed by atoms with Gasteiger partial charge < -0.3 is 5.32 Å². The Bertz CT molecular complexity index is 697. The molecular formula is C15H19N3O2S. The van der Waals surface area contributed by atoms with E-state index < -0.39 is 10.0 Å². The van der Waals surface area contributed by atoms with Crippen molar-refractivity contribution in [2.45, 2.75) is 25.3 Å². The number of sulfonamides is 1. The summed E-state index contributed by atoms with van der Waals surface area (Å²) in [4.78, 5) is 4.24. The van der Waals surface area contributed by atoms with Gasteiger partial charge in [0.25, 0.3) is 10.0 Å². The van der Waals surface area contributed by atoms with Crippen LogP contribution in [0.5, 0.6) is 0 Å². The molecule has 0 saturated heterocycles. The number of nitrogens with zero attached hydrogens (tertiary/aromatic N) is 1. The molecule has 2 rings (SSSR count). The van der Waals surface area contributed by atoms with E-state index in [1.807, 2.05) is 19.9 Å². The van der Waals surface area contributed by atoms with Crippen molar-refractivity contribution in [1.82, 2.24) is 10.3 Å². The molecule has 0 bridgehead atoms. The van der Waals surface area contributed by atoms with E-state index in [-0.39, 0.29) is 4.90 Å². The van der Waals surface area contributed by atoms with Gasteiger partial charge in [0.15, 0.2) is 0 Å². The van der Waals surface area contributed by atoms with E-state index in [4.69, 9.17) is 0 Å². The van der Waals surface area contributed by atoms with Gasteiger partial charge in [-0.15, -0.1) is 0 Å². The zero-order valence-corrected chi connectivity index (χ0v) is 12.9. The van der Waals surface area contributed by atoms with Crippen LogP contribution in [0.3, 0.4) is 0 Å². The summed E-state index contributed by atoms with van der Waals surface area (Å²) in [5.41, 5.74) is 1.99. The highest BCUT2D eigenvalue weighted by molar-refractivity contribution is 7.92. The lowest BCUT2D eigenvalue weighted by Gasteiger charge is -2.08. The number of hydrogen-bond acceptors (Lipinski definition) is 4. The quantitative estimate of drug-likeness (QED) is 0.859. The van der Waals surface area contributed by atoms with Gasteiger partial charge in [-0.05, 0) is 48.9 Å². The molecule has 0 amide bonds. The molecule has 0 radical (unpaired) electrons. The van der Waals surface area contributed by atoms with Gasteiger partial charge in [0.05, 0.1) is 4.90 Å². The van der Waals surface area contributed by atoms with Crippen LogP contribution in [0.1, 0.15) is 18.1 Å². The molecule has 0 aliphatic rings. The third-order valence-electron chi connectivity index (χ3n) is 2.97. The molecule has 2 aromatic rings. The Balaban J connectivity index is 2.15. The maximum Gasteiger partial charge on any atom is 0.263 e. The number of hydrogen-bond donors (Lipinski definition) is 2. The molecule has 1 aromatic carbocycles. The molecule has 1 aromatic heterocycles. The smallest absolute Gasteiger partial charge is 0.263 e. The molecule has 6 heteroatoms. The second-order valence-electron chi connectivity index (χ2n) is 4.75. The molecule has 21 heavy (non-hydrogen) atoms. The van der Waals surface area contributed by atoms with Crippen LogP contribution in [0, 0.1) is 6.92 Å². The molecule has 112 valence electrons. The zero-order chi connectivity index (χ0) is 15.3. The summed E-state index contributed by atoms with van der Waals surface area (Å²) < 4.78 is 27.0. The van der Waals surface area contributed by atoms with Crippen molar-refractivity contribution < 1.29 is 8.42 Å². The SMILES string of the molecule is CCNCc1ccc(S(=O)(=O)Nc2cc(C)ccn2)cc1. The maximum absolute atomic E-state index is 12.3. The van der Waals surface area contributed by atoms with Gasteiger partial charge in [-0.1, -0.05) is 19.1 Å². The van der Waals surface area contributed by atoms with Crippen LogP contribution in [0.25, 0.3) is 0 Å². The topological polar surface area (TPSA) is 71.1 Å². The van der Waals surface area contributed by atoms with E-state index in [2.05, 4.69) is 15.0 Å². The standard InChI is InChI=1S/C15H19N3O2S/c1-3-16-11-13-4-6-14(7-5-13)21(19,20)18-15-10-12(2)8-9-17-15/h4-10,16H,3,11H2,1-2H3,(H,17,18). The number of benzene rings is 1. The van der Waals surface area contributed by atoms with Gasteiger partial charge in [-0.3, -0.25) is 4.72 Å². The van der Waals surface area contributed by atoms with E-state index >= 15 is 0 Å². The largest absolute Gasteiger partial charge is 0.313 e. The van der Waals surface area contributed by atoms with Crippen molar-refractivity contribution in [3.05, 3.63) is 53.7 Å². The van der Waals surface area contributed by atoms with Gasteiger partial charge in [0, 0.05) is 12.7 Å². The van der Waals surface area contributed by atoms with Crippen LogP contribution in [-0.4, -0.2) is 19.9 Å². The van der Waals surface area contributed by atoms with Crippen molar-refractivity contribution in [2.75, 3.05) is 11.3 Å². The van der Waals surface area contributed by atoms with Crippen LogP contribution in [-0.2, 0) is 16.6 Å². The van der Waals surface area contributed by atoms with Crippen LogP contribution in [0.4, 0.5) is 5.82 Å². The van der Waals surface area contributed by atoms with E-state index in [1.165, 1.54) is 0 Å². The van der Waals surface area contributed by atoms with Gasteiger partial charge in [-0.25, -0.2) is 13.4 Å². The molecule has 0 aliphatic carbocycles. The van der Waals surface area contributed by atoms with Crippen molar-refractivity contribution in [1.29, 1.82) is 0 Å². The highest BCUT2D eigenvalue weighted by atomic mass is 32.2. The Kier molecular flexibility index (Phi) is 4.93. The summed E-state index contributed by atoms with van der Waals surface area (Å²) in [5.74, 6) is 0.326. The Hall–Kier alpha value is -1.92. The molecule has 5 nitrogen and oxygen atoms in total. The van der Waals surface area contributed by atoms with Crippen LogP contribution < -0.4 is 10.0 Å². The third-order valence-corrected chi connectivity index (χ3v) is 4.34. The molecule has 0 atom stereocenters. The van der Waals surface area contributed by atoms with E-state index in [9.17, 15) is 8.42 Å². The summed E-state index contributed by atoms with van der Waals surface area (Å²) in [6, 6.07) is 10.3. The van der Waals surface area contributed by atoms with E-state index in [0.29, 0.717) is 5.82 Å². The molecule has 0 aliphatic heterocycles. The van der Waals surface area contributed by atoms with Crippen molar-refractivity contribution in [3.8, 4) is 0 Å². The third kappa shape index (κ3) is 4.27. The average molecular weight is 305 g/mol. The van der Waals surface area contributed by atoms with Crippen LogP contribution >= 0.6 is 0 Å².